The van der Waals surface area contributed by atoms with Gasteiger partial charge in [-0.1, -0.05) is 35.0 Å². The predicted molar refractivity (Wildman–Crippen MR) is 76.3 cm³/mol. The van der Waals surface area contributed by atoms with Crippen LogP contribution < -0.4 is 0 Å². The molecule has 1 aromatic rings. The fraction of sp³-hybridized carbons (Fsp3) is 0.571. The Balaban J connectivity index is 1.93. The molecular formula is C14H21BrN2. The van der Waals surface area contributed by atoms with Crippen molar-refractivity contribution in [2.75, 3.05) is 32.7 Å². The summed E-state index contributed by atoms with van der Waals surface area (Å²) in [6.45, 7) is 11.4. The fourth-order valence-corrected chi connectivity index (χ4v) is 2.90. The molecular weight excluding hydrogens is 276 g/mol. The molecule has 1 heterocycles. The van der Waals surface area contributed by atoms with E-state index in [2.05, 4.69) is 57.8 Å². The second-order valence-corrected chi connectivity index (χ2v) is 5.66. The van der Waals surface area contributed by atoms with Gasteiger partial charge in [-0.05, 0) is 30.7 Å². The van der Waals surface area contributed by atoms with Crippen molar-refractivity contribution >= 4 is 15.9 Å². The quantitative estimate of drug-likeness (QED) is 0.846. The first-order valence-corrected chi connectivity index (χ1v) is 7.18. The summed E-state index contributed by atoms with van der Waals surface area (Å²) in [7, 11) is 0. The van der Waals surface area contributed by atoms with E-state index in [0.29, 0.717) is 0 Å². The zero-order chi connectivity index (χ0) is 12.3. The smallest absolute Gasteiger partial charge is 0.0246 e. The summed E-state index contributed by atoms with van der Waals surface area (Å²) >= 11 is 3.66. The van der Waals surface area contributed by atoms with E-state index >= 15 is 0 Å². The van der Waals surface area contributed by atoms with Gasteiger partial charge in [-0.2, -0.15) is 0 Å². The van der Waals surface area contributed by atoms with Crippen LogP contribution in [0.4, 0.5) is 0 Å². The minimum Gasteiger partial charge on any atom is -0.301 e. The molecule has 0 spiro atoms. The van der Waals surface area contributed by atoms with Crippen molar-refractivity contribution in [3.8, 4) is 0 Å². The lowest BCUT2D eigenvalue weighted by Crippen LogP contribution is -2.45. The Labute approximate surface area is 113 Å². The first kappa shape index (κ1) is 13.1. The summed E-state index contributed by atoms with van der Waals surface area (Å²) in [5.41, 5.74) is 2.72. The topological polar surface area (TPSA) is 6.48 Å². The number of piperazine rings is 1. The lowest BCUT2D eigenvalue weighted by Gasteiger charge is -2.34. The van der Waals surface area contributed by atoms with Crippen LogP contribution in [0.3, 0.4) is 0 Å². The molecule has 1 saturated heterocycles. The maximum absolute atomic E-state index is 3.66. The van der Waals surface area contributed by atoms with Gasteiger partial charge in [0.2, 0.25) is 0 Å². The van der Waals surface area contributed by atoms with Crippen LogP contribution in [0, 0.1) is 6.92 Å². The molecule has 3 heteroatoms. The van der Waals surface area contributed by atoms with Crippen LogP contribution in [0.15, 0.2) is 22.7 Å². The van der Waals surface area contributed by atoms with Crippen molar-refractivity contribution in [1.82, 2.24) is 9.80 Å². The number of benzene rings is 1. The Hall–Kier alpha value is -0.380. The molecule has 0 atom stereocenters. The highest BCUT2D eigenvalue weighted by molar-refractivity contribution is 9.10. The summed E-state index contributed by atoms with van der Waals surface area (Å²) in [5, 5.41) is 0. The Bertz CT molecular complexity index is 370. The summed E-state index contributed by atoms with van der Waals surface area (Å²) < 4.78 is 1.25. The maximum atomic E-state index is 3.66. The molecule has 0 aliphatic carbocycles. The summed E-state index contributed by atoms with van der Waals surface area (Å²) in [6.07, 6.45) is 0. The average Bonchev–Trinajstić information content (AvgIpc) is 2.34. The molecule has 1 aliphatic heterocycles. The minimum absolute atomic E-state index is 1.07. The molecule has 0 N–H and O–H groups in total. The number of rotatable bonds is 3. The summed E-state index contributed by atoms with van der Waals surface area (Å²) in [6, 6.07) is 6.64. The van der Waals surface area contributed by atoms with Gasteiger partial charge in [0.15, 0.2) is 0 Å². The normalized spacial score (nSPS) is 18.5. The van der Waals surface area contributed by atoms with Crippen LogP contribution in [0.2, 0.25) is 0 Å². The monoisotopic (exact) mass is 296 g/mol. The van der Waals surface area contributed by atoms with Crippen LogP contribution in [-0.2, 0) is 6.54 Å². The van der Waals surface area contributed by atoms with E-state index in [-0.39, 0.29) is 0 Å². The van der Waals surface area contributed by atoms with Crippen molar-refractivity contribution in [3.63, 3.8) is 0 Å². The van der Waals surface area contributed by atoms with E-state index in [4.69, 9.17) is 0 Å². The van der Waals surface area contributed by atoms with Gasteiger partial charge in [-0.15, -0.1) is 0 Å². The molecule has 0 unspecified atom stereocenters. The number of aryl methyl sites for hydroxylation is 1. The molecule has 2 rings (SSSR count). The number of likely N-dealkylation sites (N-methyl/N-ethyl adjacent to an activating group) is 1. The molecule has 1 aromatic carbocycles. The number of hydrogen-bond donors (Lipinski definition) is 0. The van der Waals surface area contributed by atoms with E-state index in [0.717, 1.165) is 6.54 Å². The Kier molecular flexibility index (Phi) is 4.60. The number of hydrogen-bond acceptors (Lipinski definition) is 2. The van der Waals surface area contributed by atoms with Gasteiger partial charge in [0, 0.05) is 37.2 Å². The van der Waals surface area contributed by atoms with E-state index in [1.165, 1.54) is 48.3 Å². The van der Waals surface area contributed by atoms with E-state index in [1.54, 1.807) is 0 Å². The van der Waals surface area contributed by atoms with Crippen LogP contribution in [0.5, 0.6) is 0 Å². The second-order valence-electron chi connectivity index (χ2n) is 4.81. The van der Waals surface area contributed by atoms with Gasteiger partial charge in [-0.25, -0.2) is 0 Å². The molecule has 0 aromatic heterocycles. The average molecular weight is 297 g/mol. The van der Waals surface area contributed by atoms with Gasteiger partial charge >= 0.3 is 0 Å². The molecule has 1 aliphatic rings. The van der Waals surface area contributed by atoms with Crippen LogP contribution in [0.25, 0.3) is 0 Å². The molecule has 2 nitrogen and oxygen atoms in total. The highest BCUT2D eigenvalue weighted by Gasteiger charge is 2.16. The predicted octanol–water partition coefficient (Wildman–Crippen LogP) is 2.90. The van der Waals surface area contributed by atoms with E-state index in [1.807, 2.05) is 0 Å². The third-order valence-corrected chi connectivity index (χ3v) is 4.25. The lowest BCUT2D eigenvalue weighted by atomic mass is 10.1. The van der Waals surface area contributed by atoms with Gasteiger partial charge in [-0.3, -0.25) is 4.90 Å². The van der Waals surface area contributed by atoms with Crippen LogP contribution in [0.1, 0.15) is 18.1 Å². The highest BCUT2D eigenvalue weighted by Crippen LogP contribution is 2.20. The standard InChI is InChI=1S/C14H21BrN2/c1-3-16-6-8-17(9-7-16)11-13-5-4-12(2)10-14(13)15/h4-5,10H,3,6-9,11H2,1-2H3. The molecule has 17 heavy (non-hydrogen) atoms. The highest BCUT2D eigenvalue weighted by atomic mass is 79.9. The van der Waals surface area contributed by atoms with Crippen molar-refractivity contribution in [2.45, 2.75) is 20.4 Å². The van der Waals surface area contributed by atoms with E-state index < -0.39 is 0 Å². The van der Waals surface area contributed by atoms with Crippen molar-refractivity contribution < 1.29 is 0 Å². The molecule has 94 valence electrons. The first-order valence-electron chi connectivity index (χ1n) is 6.39. The molecule has 0 saturated carbocycles. The Morgan fingerprint density at radius 3 is 2.35 bits per heavy atom. The van der Waals surface area contributed by atoms with Crippen molar-refractivity contribution in [2.24, 2.45) is 0 Å². The summed E-state index contributed by atoms with van der Waals surface area (Å²) in [4.78, 5) is 5.06. The van der Waals surface area contributed by atoms with Crippen LogP contribution >= 0.6 is 15.9 Å². The van der Waals surface area contributed by atoms with Gasteiger partial charge in [0.05, 0.1) is 0 Å². The third kappa shape index (κ3) is 3.54. The van der Waals surface area contributed by atoms with Crippen LogP contribution in [-0.4, -0.2) is 42.5 Å². The fourth-order valence-electron chi connectivity index (χ4n) is 2.29. The number of halogens is 1. The number of nitrogens with zero attached hydrogens (tertiary/aromatic N) is 2. The SMILES string of the molecule is CCN1CCN(Cc2ccc(C)cc2Br)CC1. The molecule has 0 radical (unpaired) electrons. The first-order chi connectivity index (χ1) is 8.19. The van der Waals surface area contributed by atoms with Crippen molar-refractivity contribution in [3.05, 3.63) is 33.8 Å². The largest absolute Gasteiger partial charge is 0.301 e. The summed E-state index contributed by atoms with van der Waals surface area (Å²) in [5.74, 6) is 0. The minimum atomic E-state index is 1.07. The second kappa shape index (κ2) is 5.98. The third-order valence-electron chi connectivity index (χ3n) is 3.51. The van der Waals surface area contributed by atoms with Gasteiger partial charge in [0.1, 0.15) is 0 Å². The molecule has 0 bridgehead atoms. The molecule has 0 amide bonds. The Morgan fingerprint density at radius 2 is 1.76 bits per heavy atom. The zero-order valence-electron chi connectivity index (χ0n) is 10.7. The molecule has 1 fully saturated rings. The van der Waals surface area contributed by atoms with Crippen molar-refractivity contribution in [1.29, 1.82) is 0 Å². The Morgan fingerprint density at radius 1 is 1.12 bits per heavy atom. The van der Waals surface area contributed by atoms with Gasteiger partial charge < -0.3 is 4.90 Å². The van der Waals surface area contributed by atoms with E-state index in [9.17, 15) is 0 Å². The zero-order valence-corrected chi connectivity index (χ0v) is 12.3. The lowest BCUT2D eigenvalue weighted by molar-refractivity contribution is 0.132. The maximum Gasteiger partial charge on any atom is 0.0246 e. The van der Waals surface area contributed by atoms with Gasteiger partial charge in [0.25, 0.3) is 0 Å².